The molecule has 0 radical (unpaired) electrons. The number of carbonyl (C=O) groups excluding carboxylic acids is 2. The third-order valence-electron chi connectivity index (χ3n) is 4.06. The molecule has 0 spiro atoms. The van der Waals surface area contributed by atoms with Crippen LogP contribution in [0.3, 0.4) is 0 Å². The largest absolute Gasteiger partial charge is 0.390 e. The Hall–Kier alpha value is -2.35. The van der Waals surface area contributed by atoms with Crippen molar-refractivity contribution in [3.63, 3.8) is 0 Å². The van der Waals surface area contributed by atoms with E-state index in [0.29, 0.717) is 43.7 Å². The Balaban J connectivity index is 2.00. The lowest BCUT2D eigenvalue weighted by Crippen LogP contribution is -2.47. The van der Waals surface area contributed by atoms with Crippen molar-refractivity contribution in [1.82, 2.24) is 4.90 Å². The lowest BCUT2D eigenvalue weighted by molar-refractivity contribution is -0.138. The lowest BCUT2D eigenvalue weighted by Gasteiger charge is -2.36. The van der Waals surface area contributed by atoms with E-state index in [1.165, 1.54) is 0 Å². The van der Waals surface area contributed by atoms with E-state index < -0.39 is 18.5 Å². The van der Waals surface area contributed by atoms with Crippen LogP contribution in [0.1, 0.15) is 16.8 Å². The van der Waals surface area contributed by atoms with Gasteiger partial charge >= 0.3 is 6.18 Å². The summed E-state index contributed by atoms with van der Waals surface area (Å²) in [6.45, 7) is 5.58. The molecule has 0 atom stereocenters. The first-order valence-electron chi connectivity index (χ1n) is 7.89. The van der Waals surface area contributed by atoms with E-state index >= 15 is 0 Å². The number of piperazine rings is 1. The highest BCUT2D eigenvalue weighted by Crippen LogP contribution is 2.25. The number of benzene rings is 1. The van der Waals surface area contributed by atoms with E-state index in [0.717, 1.165) is 11.8 Å². The minimum atomic E-state index is -4.14. The maximum absolute atomic E-state index is 12.3. The van der Waals surface area contributed by atoms with Crippen LogP contribution < -0.4 is 10.2 Å². The normalized spacial score (nSPS) is 15.7. The molecule has 1 amide bonds. The quantitative estimate of drug-likeness (QED) is 0.630. The predicted octanol–water partition coefficient (Wildman–Crippen LogP) is 2.70. The highest BCUT2D eigenvalue weighted by atomic mass is 19.4. The van der Waals surface area contributed by atoms with Crippen molar-refractivity contribution in [3.05, 3.63) is 36.4 Å². The Morgan fingerprint density at radius 1 is 1.24 bits per heavy atom. The van der Waals surface area contributed by atoms with Crippen molar-refractivity contribution in [2.75, 3.05) is 42.9 Å². The minimum absolute atomic E-state index is 0.00205. The van der Waals surface area contributed by atoms with E-state index in [-0.39, 0.29) is 6.54 Å². The monoisotopic (exact) mass is 355 g/mol. The molecule has 1 fully saturated rings. The van der Waals surface area contributed by atoms with Gasteiger partial charge in [-0.05, 0) is 24.3 Å². The van der Waals surface area contributed by atoms with Crippen molar-refractivity contribution in [2.45, 2.75) is 12.6 Å². The number of carbonyl (C=O) groups is 2. The molecule has 136 valence electrons. The topological polar surface area (TPSA) is 52.7 Å². The molecule has 2 rings (SSSR count). The van der Waals surface area contributed by atoms with Gasteiger partial charge in [0.2, 0.25) is 5.91 Å². The summed E-state index contributed by atoms with van der Waals surface area (Å²) < 4.78 is 36.9. The van der Waals surface area contributed by atoms with Crippen LogP contribution in [0, 0.1) is 0 Å². The smallest absolute Gasteiger partial charge is 0.369 e. The van der Waals surface area contributed by atoms with Crippen LogP contribution in [0.25, 0.3) is 0 Å². The van der Waals surface area contributed by atoms with E-state index in [9.17, 15) is 22.8 Å². The van der Waals surface area contributed by atoms with Crippen molar-refractivity contribution < 1.29 is 22.8 Å². The lowest BCUT2D eigenvalue weighted by atomic mass is 10.1. The Morgan fingerprint density at radius 3 is 2.48 bits per heavy atom. The second-order valence-corrected chi connectivity index (χ2v) is 5.78. The van der Waals surface area contributed by atoms with Gasteiger partial charge in [-0.25, -0.2) is 0 Å². The molecule has 1 heterocycles. The molecule has 8 heteroatoms. The summed E-state index contributed by atoms with van der Waals surface area (Å²) in [6, 6.07) is 5.06. The molecule has 0 saturated carbocycles. The Kier molecular flexibility index (Phi) is 6.19. The predicted molar refractivity (Wildman–Crippen MR) is 90.0 cm³/mol. The third kappa shape index (κ3) is 5.60. The summed E-state index contributed by atoms with van der Waals surface area (Å²) in [4.78, 5) is 26.4. The fourth-order valence-corrected chi connectivity index (χ4v) is 2.65. The Morgan fingerprint density at radius 2 is 1.92 bits per heavy atom. The van der Waals surface area contributed by atoms with E-state index in [1.54, 1.807) is 23.1 Å². The van der Waals surface area contributed by atoms with E-state index in [1.807, 2.05) is 4.90 Å². The molecule has 0 aliphatic carbocycles. The maximum atomic E-state index is 12.3. The minimum Gasteiger partial charge on any atom is -0.369 e. The van der Waals surface area contributed by atoms with Crippen LogP contribution in [0.15, 0.2) is 30.9 Å². The molecule has 1 saturated heterocycles. The first kappa shape index (κ1) is 19.0. The highest BCUT2D eigenvalue weighted by molar-refractivity contribution is 6.02. The van der Waals surface area contributed by atoms with Crippen LogP contribution >= 0.6 is 0 Å². The number of rotatable bonds is 6. The van der Waals surface area contributed by atoms with Gasteiger partial charge in [0.25, 0.3) is 0 Å². The molecule has 1 aromatic carbocycles. The average molecular weight is 355 g/mol. The van der Waals surface area contributed by atoms with E-state index in [2.05, 4.69) is 11.9 Å². The number of hydrogen-bond acceptors (Lipinski definition) is 4. The van der Waals surface area contributed by atoms with Crippen molar-refractivity contribution in [2.24, 2.45) is 0 Å². The summed E-state index contributed by atoms with van der Waals surface area (Å²) >= 11 is 0. The van der Waals surface area contributed by atoms with Gasteiger partial charge in [0, 0.05) is 44.0 Å². The molecular weight excluding hydrogens is 335 g/mol. The van der Waals surface area contributed by atoms with Crippen molar-refractivity contribution in [3.8, 4) is 0 Å². The van der Waals surface area contributed by atoms with E-state index in [4.69, 9.17) is 0 Å². The maximum Gasteiger partial charge on any atom is 0.390 e. The zero-order valence-corrected chi connectivity index (χ0v) is 13.7. The Labute approximate surface area is 144 Å². The molecule has 1 aliphatic rings. The number of halogens is 3. The summed E-state index contributed by atoms with van der Waals surface area (Å²) in [5.74, 6) is -0.419. The van der Waals surface area contributed by atoms with Gasteiger partial charge in [-0.1, -0.05) is 6.58 Å². The second kappa shape index (κ2) is 8.15. The summed E-state index contributed by atoms with van der Waals surface area (Å²) in [6.07, 6.45) is -3.18. The standard InChI is InChI=1S/C17H20F3N3O2/c1-2-16(25)21-15-11-14(4-3-13(15)12-24)23-9-7-22(8-10-23)6-5-17(18,19)20/h2-4,11-12H,1,5-10H2,(H,21,25). The van der Waals surface area contributed by atoms with Gasteiger partial charge in [-0.2, -0.15) is 13.2 Å². The molecule has 1 aromatic rings. The number of anilines is 2. The van der Waals surface area contributed by atoms with Gasteiger partial charge in [-0.3, -0.25) is 14.5 Å². The number of nitrogens with one attached hydrogen (secondary N) is 1. The molecular formula is C17H20F3N3O2. The number of nitrogens with zero attached hydrogens (tertiary/aromatic N) is 2. The summed E-state index contributed by atoms with van der Waals surface area (Å²) in [7, 11) is 0. The van der Waals surface area contributed by atoms with Gasteiger partial charge in [0.15, 0.2) is 6.29 Å². The first-order chi connectivity index (χ1) is 11.8. The van der Waals surface area contributed by atoms with Gasteiger partial charge in [0.05, 0.1) is 12.1 Å². The number of amides is 1. The molecule has 0 bridgehead atoms. The van der Waals surface area contributed by atoms with Crippen LogP contribution in [-0.2, 0) is 4.79 Å². The van der Waals surface area contributed by atoms with Crippen LogP contribution in [0.4, 0.5) is 24.5 Å². The number of hydrogen-bond donors (Lipinski definition) is 1. The van der Waals surface area contributed by atoms with Crippen molar-refractivity contribution >= 4 is 23.6 Å². The van der Waals surface area contributed by atoms with Gasteiger partial charge < -0.3 is 10.2 Å². The van der Waals surface area contributed by atoms with Crippen molar-refractivity contribution in [1.29, 1.82) is 0 Å². The second-order valence-electron chi connectivity index (χ2n) is 5.78. The average Bonchev–Trinajstić information content (AvgIpc) is 2.59. The van der Waals surface area contributed by atoms with Crippen LogP contribution in [-0.4, -0.2) is 56.0 Å². The molecule has 0 unspecified atom stereocenters. The SMILES string of the molecule is C=CC(=O)Nc1cc(N2CCN(CCC(F)(F)F)CC2)ccc1C=O. The zero-order valence-electron chi connectivity index (χ0n) is 13.7. The number of aldehydes is 1. The summed E-state index contributed by atoms with van der Waals surface area (Å²) in [5, 5.41) is 2.59. The number of alkyl halides is 3. The molecule has 5 nitrogen and oxygen atoms in total. The molecule has 1 N–H and O–H groups in total. The fraction of sp³-hybridized carbons (Fsp3) is 0.412. The van der Waals surface area contributed by atoms with Gasteiger partial charge in [-0.15, -0.1) is 0 Å². The zero-order chi connectivity index (χ0) is 18.4. The third-order valence-corrected chi connectivity index (χ3v) is 4.06. The Bertz CT molecular complexity index is 639. The first-order valence-corrected chi connectivity index (χ1v) is 7.89. The fourth-order valence-electron chi connectivity index (χ4n) is 2.65. The molecule has 1 aliphatic heterocycles. The molecule has 0 aromatic heterocycles. The summed E-state index contributed by atoms with van der Waals surface area (Å²) in [5.41, 5.74) is 1.54. The van der Waals surface area contributed by atoms with Crippen LogP contribution in [0.2, 0.25) is 0 Å². The highest BCUT2D eigenvalue weighted by Gasteiger charge is 2.28. The van der Waals surface area contributed by atoms with Crippen LogP contribution in [0.5, 0.6) is 0 Å². The molecule has 25 heavy (non-hydrogen) atoms. The van der Waals surface area contributed by atoms with Gasteiger partial charge in [0.1, 0.15) is 0 Å².